The van der Waals surface area contributed by atoms with Crippen molar-refractivity contribution in [2.45, 2.75) is 6.54 Å². The fourth-order valence-corrected chi connectivity index (χ4v) is 2.64. The lowest BCUT2D eigenvalue weighted by molar-refractivity contribution is 0.748. The predicted octanol–water partition coefficient (Wildman–Crippen LogP) is 1.94. The first-order valence-electron chi connectivity index (χ1n) is 5.83. The second-order valence-corrected chi connectivity index (χ2v) is 5.01. The smallest absolute Gasteiger partial charge is 0.262 e. The number of pyridine rings is 1. The third-order valence-corrected chi connectivity index (χ3v) is 3.70. The molecule has 0 amide bonds. The molecular formula is C13H12N4OS. The van der Waals surface area contributed by atoms with Crippen LogP contribution in [-0.4, -0.2) is 21.6 Å². The molecule has 0 radical (unpaired) electrons. The van der Waals surface area contributed by atoms with Crippen LogP contribution in [0, 0.1) is 0 Å². The van der Waals surface area contributed by atoms with Gasteiger partial charge in [0.05, 0.1) is 18.3 Å². The Kier molecular flexibility index (Phi) is 3.00. The molecule has 3 aromatic heterocycles. The van der Waals surface area contributed by atoms with Crippen LogP contribution in [-0.2, 0) is 6.54 Å². The molecule has 96 valence electrons. The van der Waals surface area contributed by atoms with Gasteiger partial charge in [-0.05, 0) is 29.1 Å². The molecule has 6 heteroatoms. The Balaban J connectivity index is 2.00. The van der Waals surface area contributed by atoms with Crippen LogP contribution in [0.2, 0.25) is 0 Å². The van der Waals surface area contributed by atoms with Gasteiger partial charge in [-0.15, -0.1) is 11.3 Å². The standard InChI is InChI=1S/C13H12N4OS/c1-14-11-6-9(2-4-15-11)7-17-8-16-12-10(13(17)18)3-5-19-12/h2-6,8H,7H2,1H3,(H,14,15). The van der Waals surface area contributed by atoms with Gasteiger partial charge in [-0.3, -0.25) is 9.36 Å². The summed E-state index contributed by atoms with van der Waals surface area (Å²) in [6.45, 7) is 0.495. The summed E-state index contributed by atoms with van der Waals surface area (Å²) in [4.78, 5) is 21.5. The van der Waals surface area contributed by atoms with Crippen LogP contribution >= 0.6 is 11.3 Å². The number of rotatable bonds is 3. The van der Waals surface area contributed by atoms with Crippen LogP contribution in [0.15, 0.2) is 40.9 Å². The Morgan fingerprint density at radius 3 is 3.11 bits per heavy atom. The molecule has 3 heterocycles. The zero-order valence-corrected chi connectivity index (χ0v) is 11.1. The minimum absolute atomic E-state index is 0.00549. The molecule has 5 nitrogen and oxygen atoms in total. The van der Waals surface area contributed by atoms with E-state index in [2.05, 4.69) is 15.3 Å². The highest BCUT2D eigenvalue weighted by Gasteiger charge is 2.05. The van der Waals surface area contributed by atoms with Gasteiger partial charge in [0.15, 0.2) is 0 Å². The molecule has 0 bridgehead atoms. The first kappa shape index (κ1) is 11.9. The average Bonchev–Trinajstić information content (AvgIpc) is 2.91. The molecule has 0 spiro atoms. The van der Waals surface area contributed by atoms with Gasteiger partial charge in [-0.2, -0.15) is 0 Å². The summed E-state index contributed by atoms with van der Waals surface area (Å²) in [6.07, 6.45) is 3.32. The van der Waals surface area contributed by atoms with Crippen molar-refractivity contribution < 1.29 is 0 Å². The maximum absolute atomic E-state index is 12.2. The van der Waals surface area contributed by atoms with Crippen LogP contribution in [0.5, 0.6) is 0 Å². The lowest BCUT2D eigenvalue weighted by atomic mass is 10.2. The molecule has 3 rings (SSSR count). The number of hydrogen-bond donors (Lipinski definition) is 1. The molecule has 0 aliphatic rings. The number of hydrogen-bond acceptors (Lipinski definition) is 5. The monoisotopic (exact) mass is 272 g/mol. The van der Waals surface area contributed by atoms with Crippen molar-refractivity contribution in [2.24, 2.45) is 0 Å². The molecule has 0 unspecified atom stereocenters. The summed E-state index contributed by atoms with van der Waals surface area (Å²) in [6, 6.07) is 5.63. The molecule has 3 aromatic rings. The van der Waals surface area contributed by atoms with E-state index < -0.39 is 0 Å². The minimum Gasteiger partial charge on any atom is -0.373 e. The van der Waals surface area contributed by atoms with Crippen molar-refractivity contribution in [2.75, 3.05) is 12.4 Å². The number of anilines is 1. The van der Waals surface area contributed by atoms with Gasteiger partial charge in [0, 0.05) is 13.2 Å². The summed E-state index contributed by atoms with van der Waals surface area (Å²) < 4.78 is 1.61. The topological polar surface area (TPSA) is 59.8 Å². The van der Waals surface area contributed by atoms with Gasteiger partial charge in [-0.1, -0.05) is 0 Å². The average molecular weight is 272 g/mol. The number of nitrogens with one attached hydrogen (secondary N) is 1. The SMILES string of the molecule is CNc1cc(Cn2cnc3sccc3c2=O)ccn1. The van der Waals surface area contributed by atoms with E-state index >= 15 is 0 Å². The number of thiophene rings is 1. The molecule has 0 fully saturated rings. The maximum Gasteiger partial charge on any atom is 0.262 e. The highest BCUT2D eigenvalue weighted by molar-refractivity contribution is 7.16. The summed E-state index contributed by atoms with van der Waals surface area (Å²) in [5.41, 5.74) is 1.01. The molecule has 0 saturated heterocycles. The van der Waals surface area contributed by atoms with Gasteiger partial charge in [0.1, 0.15) is 10.6 Å². The molecule has 0 aliphatic heterocycles. The van der Waals surface area contributed by atoms with Crippen molar-refractivity contribution in [3.05, 3.63) is 52.0 Å². The van der Waals surface area contributed by atoms with Crippen LogP contribution in [0.1, 0.15) is 5.56 Å². The molecule has 0 aromatic carbocycles. The summed E-state index contributed by atoms with van der Waals surface area (Å²) in [5, 5.41) is 5.54. The van der Waals surface area contributed by atoms with Crippen LogP contribution < -0.4 is 10.9 Å². The van der Waals surface area contributed by atoms with Crippen molar-refractivity contribution in [3.63, 3.8) is 0 Å². The minimum atomic E-state index is -0.00549. The normalized spacial score (nSPS) is 10.8. The molecule has 19 heavy (non-hydrogen) atoms. The third-order valence-electron chi connectivity index (χ3n) is 2.88. The molecule has 0 saturated carbocycles. The van der Waals surface area contributed by atoms with E-state index in [-0.39, 0.29) is 5.56 Å². The van der Waals surface area contributed by atoms with Crippen molar-refractivity contribution in [1.29, 1.82) is 0 Å². The Hall–Kier alpha value is -2.21. The zero-order chi connectivity index (χ0) is 13.2. The Bertz CT molecular complexity index is 777. The summed E-state index contributed by atoms with van der Waals surface area (Å²) >= 11 is 1.48. The molecule has 0 aliphatic carbocycles. The Morgan fingerprint density at radius 1 is 1.37 bits per heavy atom. The van der Waals surface area contributed by atoms with Crippen LogP contribution in [0.25, 0.3) is 10.2 Å². The molecule has 0 atom stereocenters. The van der Waals surface area contributed by atoms with Gasteiger partial charge in [-0.25, -0.2) is 9.97 Å². The van der Waals surface area contributed by atoms with E-state index in [0.717, 1.165) is 16.2 Å². The van der Waals surface area contributed by atoms with Gasteiger partial charge in [0.2, 0.25) is 0 Å². The largest absolute Gasteiger partial charge is 0.373 e. The van der Waals surface area contributed by atoms with Gasteiger partial charge < -0.3 is 5.32 Å². The van der Waals surface area contributed by atoms with E-state index in [0.29, 0.717) is 11.9 Å². The van der Waals surface area contributed by atoms with E-state index in [1.165, 1.54) is 11.3 Å². The van der Waals surface area contributed by atoms with Crippen LogP contribution in [0.4, 0.5) is 5.82 Å². The number of fused-ring (bicyclic) bond motifs is 1. The van der Waals surface area contributed by atoms with E-state index in [1.807, 2.05) is 30.6 Å². The van der Waals surface area contributed by atoms with Gasteiger partial charge in [0.25, 0.3) is 5.56 Å². The summed E-state index contributed by atoms with van der Waals surface area (Å²) in [5.74, 6) is 0.787. The highest BCUT2D eigenvalue weighted by atomic mass is 32.1. The lowest BCUT2D eigenvalue weighted by Gasteiger charge is -2.06. The van der Waals surface area contributed by atoms with Crippen molar-refractivity contribution >= 4 is 27.4 Å². The van der Waals surface area contributed by atoms with Crippen molar-refractivity contribution in [3.8, 4) is 0 Å². The number of aromatic nitrogens is 3. The molecular weight excluding hydrogens is 260 g/mol. The lowest BCUT2D eigenvalue weighted by Crippen LogP contribution is -2.20. The van der Waals surface area contributed by atoms with E-state index in [9.17, 15) is 4.79 Å². The number of nitrogens with zero attached hydrogens (tertiary/aromatic N) is 3. The summed E-state index contributed by atoms with van der Waals surface area (Å²) in [7, 11) is 1.82. The fraction of sp³-hybridized carbons (Fsp3) is 0.154. The van der Waals surface area contributed by atoms with Crippen LogP contribution in [0.3, 0.4) is 0 Å². The maximum atomic E-state index is 12.2. The van der Waals surface area contributed by atoms with E-state index in [4.69, 9.17) is 0 Å². The fourth-order valence-electron chi connectivity index (χ4n) is 1.91. The Labute approximate surface area is 113 Å². The second kappa shape index (κ2) is 4.81. The molecule has 1 N–H and O–H groups in total. The predicted molar refractivity (Wildman–Crippen MR) is 76.8 cm³/mol. The second-order valence-electron chi connectivity index (χ2n) is 4.12. The van der Waals surface area contributed by atoms with Gasteiger partial charge >= 0.3 is 0 Å². The van der Waals surface area contributed by atoms with Crippen molar-refractivity contribution in [1.82, 2.24) is 14.5 Å². The Morgan fingerprint density at radius 2 is 2.26 bits per heavy atom. The zero-order valence-electron chi connectivity index (χ0n) is 10.3. The highest BCUT2D eigenvalue weighted by Crippen LogP contribution is 2.14. The quantitative estimate of drug-likeness (QED) is 0.791. The van der Waals surface area contributed by atoms with E-state index in [1.54, 1.807) is 17.1 Å². The first-order valence-corrected chi connectivity index (χ1v) is 6.71. The third kappa shape index (κ3) is 2.22. The first-order chi connectivity index (χ1) is 9.28.